The lowest BCUT2D eigenvalue weighted by Crippen LogP contribution is -2.30. The Hall–Kier alpha value is -2.83. The number of hydrogen-bond donors (Lipinski definition) is 1. The van der Waals surface area contributed by atoms with Crippen molar-refractivity contribution < 1.29 is 9.53 Å². The van der Waals surface area contributed by atoms with Gasteiger partial charge in [0.05, 0.1) is 29.2 Å². The SMILES string of the molecule is COc1ccc(-c2cc(=O)n(CCNC(=O)c3ccc(Cl)c(Cl)c3)cn2)cc1. The third kappa shape index (κ3) is 4.71. The first-order valence-electron chi connectivity index (χ1n) is 8.42. The summed E-state index contributed by atoms with van der Waals surface area (Å²) in [6.45, 7) is 0.560. The molecule has 1 aromatic heterocycles. The van der Waals surface area contributed by atoms with E-state index in [1.807, 2.05) is 12.1 Å². The number of nitrogens with zero attached hydrogens (tertiary/aromatic N) is 2. The Kier molecular flexibility index (Phi) is 6.34. The number of hydrogen-bond acceptors (Lipinski definition) is 4. The number of carbonyl (C=O) groups is 1. The number of methoxy groups -OCH3 is 1. The molecule has 0 unspecified atom stereocenters. The molecule has 1 amide bonds. The smallest absolute Gasteiger partial charge is 0.253 e. The Bertz CT molecular complexity index is 1050. The fraction of sp³-hybridized carbons (Fsp3) is 0.150. The van der Waals surface area contributed by atoms with Crippen LogP contribution < -0.4 is 15.6 Å². The molecule has 0 saturated carbocycles. The molecular weight excluding hydrogens is 401 g/mol. The molecule has 0 aliphatic heterocycles. The first kappa shape index (κ1) is 19.9. The van der Waals surface area contributed by atoms with Gasteiger partial charge >= 0.3 is 0 Å². The molecule has 2 aromatic carbocycles. The molecule has 0 spiro atoms. The molecule has 6 nitrogen and oxygen atoms in total. The number of halogens is 2. The summed E-state index contributed by atoms with van der Waals surface area (Å²) in [6.07, 6.45) is 1.47. The lowest BCUT2D eigenvalue weighted by molar-refractivity contribution is 0.0952. The molecule has 1 heterocycles. The highest BCUT2D eigenvalue weighted by atomic mass is 35.5. The second-order valence-corrected chi connectivity index (χ2v) is 6.73. The first-order valence-corrected chi connectivity index (χ1v) is 9.17. The van der Waals surface area contributed by atoms with Crippen molar-refractivity contribution in [3.8, 4) is 17.0 Å². The van der Waals surface area contributed by atoms with Crippen molar-refractivity contribution in [3.63, 3.8) is 0 Å². The van der Waals surface area contributed by atoms with Gasteiger partial charge in [0.1, 0.15) is 5.75 Å². The van der Waals surface area contributed by atoms with E-state index in [9.17, 15) is 9.59 Å². The van der Waals surface area contributed by atoms with Crippen molar-refractivity contribution in [1.29, 1.82) is 0 Å². The highest BCUT2D eigenvalue weighted by molar-refractivity contribution is 6.42. The number of aromatic nitrogens is 2. The second kappa shape index (κ2) is 8.91. The monoisotopic (exact) mass is 417 g/mol. The minimum Gasteiger partial charge on any atom is -0.497 e. The molecule has 0 aliphatic carbocycles. The average molecular weight is 418 g/mol. The van der Waals surface area contributed by atoms with Crippen molar-refractivity contribution >= 4 is 29.1 Å². The molecular formula is C20H17Cl2N3O3. The van der Waals surface area contributed by atoms with E-state index in [0.717, 1.165) is 11.3 Å². The molecule has 144 valence electrons. The van der Waals surface area contributed by atoms with Crippen LogP contribution in [0.25, 0.3) is 11.3 Å². The van der Waals surface area contributed by atoms with Crippen molar-refractivity contribution in [2.75, 3.05) is 13.7 Å². The quantitative estimate of drug-likeness (QED) is 0.663. The summed E-state index contributed by atoms with van der Waals surface area (Å²) in [6, 6.07) is 13.4. The second-order valence-electron chi connectivity index (χ2n) is 5.92. The molecule has 0 saturated heterocycles. The zero-order valence-electron chi connectivity index (χ0n) is 15.0. The normalized spacial score (nSPS) is 10.5. The van der Waals surface area contributed by atoms with Crippen LogP contribution in [0, 0.1) is 0 Å². The summed E-state index contributed by atoms with van der Waals surface area (Å²) >= 11 is 11.8. The number of amides is 1. The molecule has 8 heteroatoms. The molecule has 28 heavy (non-hydrogen) atoms. The van der Waals surface area contributed by atoms with E-state index in [0.29, 0.717) is 27.8 Å². The topological polar surface area (TPSA) is 73.2 Å². The lowest BCUT2D eigenvalue weighted by Gasteiger charge is -2.09. The van der Waals surface area contributed by atoms with Crippen LogP contribution in [0.3, 0.4) is 0 Å². The molecule has 3 rings (SSSR count). The van der Waals surface area contributed by atoms with Gasteiger partial charge in [-0.1, -0.05) is 23.2 Å². The summed E-state index contributed by atoms with van der Waals surface area (Å²) in [5, 5.41) is 3.43. The van der Waals surface area contributed by atoms with Gasteiger partial charge in [0.2, 0.25) is 0 Å². The van der Waals surface area contributed by atoms with Crippen LogP contribution in [0.2, 0.25) is 10.0 Å². The van der Waals surface area contributed by atoms with Crippen molar-refractivity contribution in [2.45, 2.75) is 6.54 Å². The Balaban J connectivity index is 1.62. The van der Waals surface area contributed by atoms with Crippen LogP contribution >= 0.6 is 23.2 Å². The predicted molar refractivity (Wildman–Crippen MR) is 109 cm³/mol. The lowest BCUT2D eigenvalue weighted by atomic mass is 10.1. The van der Waals surface area contributed by atoms with E-state index >= 15 is 0 Å². The summed E-state index contributed by atoms with van der Waals surface area (Å²) < 4.78 is 6.55. The van der Waals surface area contributed by atoms with E-state index in [-0.39, 0.29) is 18.0 Å². The molecule has 1 N–H and O–H groups in total. The van der Waals surface area contributed by atoms with Crippen molar-refractivity contribution in [3.05, 3.63) is 80.8 Å². The number of rotatable bonds is 6. The molecule has 0 bridgehead atoms. The minimum atomic E-state index is -0.297. The van der Waals surface area contributed by atoms with Crippen LogP contribution in [0.4, 0.5) is 0 Å². The molecule has 3 aromatic rings. The Labute approximate surface area is 171 Å². The van der Waals surface area contributed by atoms with E-state index in [4.69, 9.17) is 27.9 Å². The maximum absolute atomic E-state index is 12.3. The van der Waals surface area contributed by atoms with Gasteiger partial charge in [0, 0.05) is 30.3 Å². The van der Waals surface area contributed by atoms with E-state index in [1.165, 1.54) is 23.0 Å². The van der Waals surface area contributed by atoms with Crippen molar-refractivity contribution in [1.82, 2.24) is 14.9 Å². The fourth-order valence-corrected chi connectivity index (χ4v) is 2.84. The third-order valence-corrected chi connectivity index (χ3v) is 4.82. The maximum Gasteiger partial charge on any atom is 0.253 e. The predicted octanol–water partition coefficient (Wildman–Crippen LogP) is 3.66. The third-order valence-electron chi connectivity index (χ3n) is 4.09. The molecule has 0 aliphatic rings. The van der Waals surface area contributed by atoms with E-state index < -0.39 is 0 Å². The van der Waals surface area contributed by atoms with Gasteiger partial charge in [-0.2, -0.15) is 0 Å². The van der Waals surface area contributed by atoms with Gasteiger partial charge in [-0.3, -0.25) is 14.2 Å². The highest BCUT2D eigenvalue weighted by Gasteiger charge is 2.08. The Morgan fingerprint density at radius 1 is 1.11 bits per heavy atom. The Morgan fingerprint density at radius 3 is 2.50 bits per heavy atom. The average Bonchev–Trinajstić information content (AvgIpc) is 2.71. The van der Waals surface area contributed by atoms with Crippen LogP contribution in [-0.4, -0.2) is 29.1 Å². The van der Waals surface area contributed by atoms with Gasteiger partial charge < -0.3 is 10.1 Å². The van der Waals surface area contributed by atoms with Crippen LogP contribution in [-0.2, 0) is 6.54 Å². The number of benzene rings is 2. The zero-order valence-corrected chi connectivity index (χ0v) is 16.5. The molecule has 0 radical (unpaired) electrons. The van der Waals surface area contributed by atoms with Crippen LogP contribution in [0.5, 0.6) is 5.75 Å². The van der Waals surface area contributed by atoms with Gasteiger partial charge in [-0.05, 0) is 42.5 Å². The van der Waals surface area contributed by atoms with Gasteiger partial charge in [-0.25, -0.2) is 4.98 Å². The van der Waals surface area contributed by atoms with Gasteiger partial charge in [0.15, 0.2) is 0 Å². The van der Waals surface area contributed by atoms with Gasteiger partial charge in [0.25, 0.3) is 11.5 Å². The number of carbonyl (C=O) groups excluding carboxylic acids is 1. The molecule has 0 atom stereocenters. The minimum absolute atomic E-state index is 0.204. The fourth-order valence-electron chi connectivity index (χ4n) is 2.54. The first-order chi connectivity index (χ1) is 13.5. The number of nitrogens with one attached hydrogen (secondary N) is 1. The van der Waals surface area contributed by atoms with Crippen LogP contribution in [0.1, 0.15) is 10.4 Å². The molecule has 0 fully saturated rings. The summed E-state index contributed by atoms with van der Waals surface area (Å²) in [4.78, 5) is 28.8. The summed E-state index contributed by atoms with van der Waals surface area (Å²) in [5.41, 5.74) is 1.58. The van der Waals surface area contributed by atoms with Crippen LogP contribution in [0.15, 0.2) is 59.7 Å². The number of ether oxygens (including phenoxy) is 1. The van der Waals surface area contributed by atoms with E-state index in [1.54, 1.807) is 31.4 Å². The summed E-state index contributed by atoms with van der Waals surface area (Å²) in [7, 11) is 1.59. The Morgan fingerprint density at radius 2 is 1.86 bits per heavy atom. The zero-order chi connectivity index (χ0) is 20.1. The van der Waals surface area contributed by atoms with Gasteiger partial charge in [-0.15, -0.1) is 0 Å². The maximum atomic E-state index is 12.3. The van der Waals surface area contributed by atoms with E-state index in [2.05, 4.69) is 10.3 Å². The standard InChI is InChI=1S/C20H17Cl2N3O3/c1-28-15-5-2-13(3-6-15)18-11-19(26)25(12-24-18)9-8-23-20(27)14-4-7-16(21)17(22)10-14/h2-7,10-12H,8-9H2,1H3,(H,23,27). The largest absolute Gasteiger partial charge is 0.497 e. The van der Waals surface area contributed by atoms with Crippen molar-refractivity contribution in [2.24, 2.45) is 0 Å². The summed E-state index contributed by atoms with van der Waals surface area (Å²) in [5.74, 6) is 0.434. The highest BCUT2D eigenvalue weighted by Crippen LogP contribution is 2.22.